The summed E-state index contributed by atoms with van der Waals surface area (Å²) in [6, 6.07) is 21.4. The SMILES string of the molecule is CCCCNC(=O)C(C)N(Cc1cccc(C)c1)C(=O)CN(c1ccccc1)S(=O)(=O)c1ccc(OC)cc1. The van der Waals surface area contributed by atoms with E-state index in [1.807, 2.05) is 38.1 Å². The summed E-state index contributed by atoms with van der Waals surface area (Å²) in [5.41, 5.74) is 2.21. The van der Waals surface area contributed by atoms with E-state index in [1.165, 1.54) is 24.1 Å². The van der Waals surface area contributed by atoms with E-state index >= 15 is 0 Å². The third-order valence-corrected chi connectivity index (χ3v) is 8.19. The second-order valence-electron chi connectivity index (χ2n) is 9.35. The smallest absolute Gasteiger partial charge is 0.264 e. The fourth-order valence-corrected chi connectivity index (χ4v) is 5.54. The summed E-state index contributed by atoms with van der Waals surface area (Å²) in [6.45, 7) is 5.85. The molecule has 1 atom stereocenters. The van der Waals surface area contributed by atoms with Crippen LogP contribution in [-0.4, -0.2) is 51.4 Å². The second kappa shape index (κ2) is 13.8. The fourth-order valence-electron chi connectivity index (χ4n) is 4.12. The predicted octanol–water partition coefficient (Wildman–Crippen LogP) is 4.53. The molecule has 0 heterocycles. The van der Waals surface area contributed by atoms with E-state index in [9.17, 15) is 18.0 Å². The number of benzene rings is 3. The maximum absolute atomic E-state index is 13.9. The number of hydrogen-bond donors (Lipinski definition) is 1. The van der Waals surface area contributed by atoms with Crippen molar-refractivity contribution in [2.75, 3.05) is 24.5 Å². The number of ether oxygens (including phenoxy) is 1. The van der Waals surface area contributed by atoms with E-state index in [4.69, 9.17) is 4.74 Å². The van der Waals surface area contributed by atoms with Crippen molar-refractivity contribution in [2.45, 2.75) is 51.1 Å². The number of methoxy groups -OCH3 is 1. The number of para-hydroxylation sites is 1. The van der Waals surface area contributed by atoms with E-state index in [1.54, 1.807) is 49.4 Å². The molecule has 0 saturated heterocycles. The third kappa shape index (κ3) is 7.83. The van der Waals surface area contributed by atoms with Crippen molar-refractivity contribution in [3.63, 3.8) is 0 Å². The van der Waals surface area contributed by atoms with Gasteiger partial charge in [-0.25, -0.2) is 8.42 Å². The number of nitrogens with one attached hydrogen (secondary N) is 1. The molecule has 1 unspecified atom stereocenters. The van der Waals surface area contributed by atoms with Crippen LogP contribution < -0.4 is 14.4 Å². The molecule has 39 heavy (non-hydrogen) atoms. The maximum atomic E-state index is 13.9. The van der Waals surface area contributed by atoms with Gasteiger partial charge in [-0.1, -0.05) is 61.4 Å². The molecule has 0 saturated carbocycles. The number of anilines is 1. The highest BCUT2D eigenvalue weighted by atomic mass is 32.2. The summed E-state index contributed by atoms with van der Waals surface area (Å²) in [4.78, 5) is 28.4. The van der Waals surface area contributed by atoms with Crippen molar-refractivity contribution in [3.05, 3.63) is 90.0 Å². The first-order valence-corrected chi connectivity index (χ1v) is 14.5. The van der Waals surface area contributed by atoms with Gasteiger partial charge in [0.25, 0.3) is 10.0 Å². The van der Waals surface area contributed by atoms with Crippen molar-refractivity contribution in [3.8, 4) is 5.75 Å². The Bertz CT molecular complexity index is 1340. The average Bonchev–Trinajstić information content (AvgIpc) is 2.94. The van der Waals surface area contributed by atoms with Crippen molar-refractivity contribution >= 4 is 27.5 Å². The molecule has 0 aliphatic carbocycles. The van der Waals surface area contributed by atoms with Crippen LogP contribution in [0.2, 0.25) is 0 Å². The van der Waals surface area contributed by atoms with Crippen molar-refractivity contribution < 1.29 is 22.7 Å². The van der Waals surface area contributed by atoms with Crippen LogP contribution in [0, 0.1) is 6.92 Å². The van der Waals surface area contributed by atoms with Gasteiger partial charge in [0, 0.05) is 13.1 Å². The van der Waals surface area contributed by atoms with Crippen LogP contribution in [-0.2, 0) is 26.2 Å². The van der Waals surface area contributed by atoms with Crippen LogP contribution in [0.1, 0.15) is 37.8 Å². The molecule has 0 bridgehead atoms. The summed E-state index contributed by atoms with van der Waals surface area (Å²) >= 11 is 0. The molecule has 3 rings (SSSR count). The first kappa shape index (κ1) is 29.7. The number of aryl methyl sites for hydroxylation is 1. The molecule has 0 aliphatic heterocycles. The first-order chi connectivity index (χ1) is 18.7. The molecule has 0 aromatic heterocycles. The Labute approximate surface area is 231 Å². The Kier molecular flexibility index (Phi) is 10.5. The van der Waals surface area contributed by atoms with Gasteiger partial charge in [-0.3, -0.25) is 13.9 Å². The van der Waals surface area contributed by atoms with E-state index in [0.717, 1.165) is 28.3 Å². The summed E-state index contributed by atoms with van der Waals surface area (Å²) in [5.74, 6) is -0.257. The van der Waals surface area contributed by atoms with Gasteiger partial charge in [-0.05, 0) is 62.2 Å². The van der Waals surface area contributed by atoms with Crippen LogP contribution in [0.3, 0.4) is 0 Å². The summed E-state index contributed by atoms with van der Waals surface area (Å²) in [6.07, 6.45) is 1.75. The topological polar surface area (TPSA) is 96.0 Å². The van der Waals surface area contributed by atoms with Gasteiger partial charge in [-0.2, -0.15) is 0 Å². The van der Waals surface area contributed by atoms with E-state index in [-0.39, 0.29) is 17.3 Å². The average molecular weight is 552 g/mol. The van der Waals surface area contributed by atoms with Gasteiger partial charge in [0.15, 0.2) is 0 Å². The largest absolute Gasteiger partial charge is 0.497 e. The van der Waals surface area contributed by atoms with Gasteiger partial charge < -0.3 is 15.0 Å². The van der Waals surface area contributed by atoms with Crippen molar-refractivity contribution in [1.29, 1.82) is 0 Å². The molecule has 9 heteroatoms. The Morgan fingerprint density at radius 2 is 1.67 bits per heavy atom. The molecule has 3 aromatic carbocycles. The minimum absolute atomic E-state index is 0.0237. The van der Waals surface area contributed by atoms with E-state index in [0.29, 0.717) is 18.0 Å². The zero-order valence-corrected chi connectivity index (χ0v) is 23.8. The van der Waals surface area contributed by atoms with Gasteiger partial charge >= 0.3 is 0 Å². The fraction of sp³-hybridized carbons (Fsp3) is 0.333. The van der Waals surface area contributed by atoms with Crippen molar-refractivity contribution in [1.82, 2.24) is 10.2 Å². The Morgan fingerprint density at radius 3 is 2.28 bits per heavy atom. The molecule has 0 aliphatic rings. The lowest BCUT2D eigenvalue weighted by Crippen LogP contribution is -2.51. The van der Waals surface area contributed by atoms with Gasteiger partial charge in [0.1, 0.15) is 18.3 Å². The number of hydrogen-bond acceptors (Lipinski definition) is 5. The summed E-state index contributed by atoms with van der Waals surface area (Å²) < 4.78 is 33.9. The Balaban J connectivity index is 1.97. The third-order valence-electron chi connectivity index (χ3n) is 6.40. The maximum Gasteiger partial charge on any atom is 0.264 e. The van der Waals surface area contributed by atoms with Crippen LogP contribution in [0.5, 0.6) is 5.75 Å². The predicted molar refractivity (Wildman–Crippen MR) is 153 cm³/mol. The highest BCUT2D eigenvalue weighted by Gasteiger charge is 2.32. The molecular weight excluding hydrogens is 514 g/mol. The van der Waals surface area contributed by atoms with Gasteiger partial charge in [0.2, 0.25) is 11.8 Å². The number of rotatable bonds is 13. The molecular formula is C30H37N3O5S. The number of sulfonamides is 1. The number of amides is 2. The zero-order chi connectivity index (χ0) is 28.4. The van der Waals surface area contributed by atoms with Gasteiger partial charge in [-0.15, -0.1) is 0 Å². The minimum Gasteiger partial charge on any atom is -0.497 e. The monoisotopic (exact) mass is 551 g/mol. The Morgan fingerprint density at radius 1 is 0.974 bits per heavy atom. The number of unbranched alkanes of at least 4 members (excludes halogenated alkanes) is 1. The number of carbonyl (C=O) groups is 2. The molecule has 2 amide bonds. The highest BCUT2D eigenvalue weighted by Crippen LogP contribution is 2.26. The summed E-state index contributed by atoms with van der Waals surface area (Å²) in [7, 11) is -2.62. The second-order valence-corrected chi connectivity index (χ2v) is 11.2. The van der Waals surface area contributed by atoms with E-state index in [2.05, 4.69) is 5.32 Å². The van der Waals surface area contributed by atoms with Crippen LogP contribution in [0.4, 0.5) is 5.69 Å². The molecule has 0 spiro atoms. The molecule has 208 valence electrons. The molecule has 1 N–H and O–H groups in total. The van der Waals surface area contributed by atoms with Crippen LogP contribution in [0.15, 0.2) is 83.8 Å². The highest BCUT2D eigenvalue weighted by molar-refractivity contribution is 7.92. The lowest BCUT2D eigenvalue weighted by atomic mass is 10.1. The standard InChI is InChI=1S/C30H37N3O5S/c1-5-6-19-31-30(35)24(3)32(21-25-12-10-11-23(2)20-25)29(34)22-33(26-13-8-7-9-14-26)39(36,37)28-17-15-27(38-4)16-18-28/h7-18,20,24H,5-6,19,21-22H2,1-4H3,(H,31,35). The van der Waals surface area contributed by atoms with Crippen LogP contribution in [0.25, 0.3) is 0 Å². The summed E-state index contributed by atoms with van der Waals surface area (Å²) in [5, 5.41) is 2.89. The molecule has 3 aromatic rings. The Hall–Kier alpha value is -3.85. The lowest BCUT2D eigenvalue weighted by Gasteiger charge is -2.32. The van der Waals surface area contributed by atoms with Crippen molar-refractivity contribution in [2.24, 2.45) is 0 Å². The quantitative estimate of drug-likeness (QED) is 0.315. The number of nitrogens with zero attached hydrogens (tertiary/aromatic N) is 2. The normalized spacial score (nSPS) is 11.9. The van der Waals surface area contributed by atoms with Gasteiger partial charge in [0.05, 0.1) is 17.7 Å². The number of carbonyl (C=O) groups excluding carboxylic acids is 2. The molecule has 8 nitrogen and oxygen atoms in total. The zero-order valence-electron chi connectivity index (χ0n) is 23.0. The van der Waals surface area contributed by atoms with Crippen LogP contribution >= 0.6 is 0 Å². The first-order valence-electron chi connectivity index (χ1n) is 13.0. The minimum atomic E-state index is -4.12. The molecule has 0 fully saturated rings. The van der Waals surface area contributed by atoms with E-state index < -0.39 is 28.5 Å². The molecule has 0 radical (unpaired) electrons. The lowest BCUT2D eigenvalue weighted by molar-refractivity contribution is -0.139.